The van der Waals surface area contributed by atoms with Crippen LogP contribution >= 0.6 is 11.8 Å². The molecule has 0 radical (unpaired) electrons. The van der Waals surface area contributed by atoms with Crippen LogP contribution in [0.4, 0.5) is 39.5 Å². The van der Waals surface area contributed by atoms with Gasteiger partial charge >= 0.3 is 16.5 Å². The summed E-state index contributed by atoms with van der Waals surface area (Å²) >= 11 is 1.72. The van der Waals surface area contributed by atoms with Crippen LogP contribution in [0, 0.1) is 3.91 Å². The largest absolute Gasteiger partial charge is 0.495 e. The van der Waals surface area contributed by atoms with Gasteiger partial charge in [-0.15, -0.1) is 0 Å². The van der Waals surface area contributed by atoms with E-state index in [1.54, 1.807) is 26.0 Å². The van der Waals surface area contributed by atoms with Crippen LogP contribution in [-0.2, 0) is 40.4 Å². The van der Waals surface area contributed by atoms with Gasteiger partial charge in [-0.1, -0.05) is 96.7 Å². The Labute approximate surface area is 369 Å². The van der Waals surface area contributed by atoms with Gasteiger partial charge in [-0.05, 0) is 82.9 Å². The van der Waals surface area contributed by atoms with Crippen molar-refractivity contribution in [2.24, 2.45) is 0 Å². The number of para-hydroxylation sites is 1. The summed E-state index contributed by atoms with van der Waals surface area (Å²) in [5.74, 6) is 1.74. The van der Waals surface area contributed by atoms with Crippen LogP contribution in [0.5, 0.6) is 11.5 Å². The van der Waals surface area contributed by atoms with Crippen molar-refractivity contribution < 1.29 is 74.2 Å². The first-order valence-corrected chi connectivity index (χ1v) is 24.2. The summed E-state index contributed by atoms with van der Waals surface area (Å²) in [6.45, 7) is 0. The number of halogens is 9. The molecule has 0 spiro atoms. The predicted molar refractivity (Wildman–Crippen MR) is 224 cm³/mol. The van der Waals surface area contributed by atoms with E-state index in [1.807, 2.05) is 24.3 Å². The smallest absolute Gasteiger partial charge is 0.470 e. The Bertz CT molecular complexity index is 2770. The maximum absolute atomic E-state index is 12.0. The maximum Gasteiger partial charge on any atom is 0.470 e. The summed E-state index contributed by atoms with van der Waals surface area (Å²) in [5, 5.41) is 0. The minimum absolute atomic E-state index is 0.396. The molecule has 0 aliphatic rings. The van der Waals surface area contributed by atoms with Crippen LogP contribution in [0.3, 0.4) is 0 Å². The van der Waals surface area contributed by atoms with E-state index in [0.717, 1.165) is 21.3 Å². The second-order valence-corrected chi connectivity index (χ2v) is 22.3. The van der Waals surface area contributed by atoms with Crippen molar-refractivity contribution in [2.75, 3.05) is 14.2 Å². The van der Waals surface area contributed by atoms with Gasteiger partial charge in [0, 0.05) is 11.0 Å². The number of hydrogen-bond donors (Lipinski definition) is 0. The average Bonchev–Trinajstić information content (AvgIpc) is 3.24. The number of alkyl halides is 9. The summed E-state index contributed by atoms with van der Waals surface area (Å²) in [6.07, 6.45) is 0. The number of benzene rings is 6. The molecule has 0 aliphatic carbocycles. The Morgan fingerprint density at radius 1 is 0.453 bits per heavy atom. The second kappa shape index (κ2) is 19.5. The lowest BCUT2D eigenvalue weighted by atomic mass is 10.1. The Morgan fingerprint density at radius 2 is 0.828 bits per heavy atom. The van der Waals surface area contributed by atoms with Crippen molar-refractivity contribution in [3.05, 3.63) is 156 Å². The number of sulfone groups is 3. The molecule has 0 heterocycles. The molecule has 8 nitrogen and oxygen atoms in total. The Kier molecular flexibility index (Phi) is 15.2. The third kappa shape index (κ3) is 10.8. The van der Waals surface area contributed by atoms with Gasteiger partial charge in [-0.25, -0.2) is 0 Å². The predicted octanol–water partition coefficient (Wildman–Crippen LogP) is 11.5. The van der Waals surface area contributed by atoms with Gasteiger partial charge in [0.05, 0.1) is 23.0 Å². The molecule has 0 fully saturated rings. The molecule has 0 aromatic heterocycles. The molecule has 340 valence electrons. The normalized spacial score (nSPS) is 13.1. The molecule has 6 aromatic rings. The van der Waals surface area contributed by atoms with E-state index in [1.165, 1.54) is 36.9 Å². The number of ether oxygens (including phenoxy) is 2. The van der Waals surface area contributed by atoms with Crippen LogP contribution < -0.4 is 9.47 Å². The zero-order chi connectivity index (χ0) is 47.3. The van der Waals surface area contributed by atoms with Crippen LogP contribution in [0.1, 0.15) is 0 Å². The zero-order valence-electron chi connectivity index (χ0n) is 32.6. The highest BCUT2D eigenvalue weighted by Gasteiger charge is 2.63. The fourth-order valence-electron chi connectivity index (χ4n) is 5.64. The van der Waals surface area contributed by atoms with Crippen LogP contribution in [0.2, 0.25) is 0 Å². The molecule has 6 aromatic carbocycles. The fourth-order valence-corrected chi connectivity index (χ4v) is 14.5. The molecule has 0 saturated heterocycles. The lowest BCUT2D eigenvalue weighted by Gasteiger charge is -2.31. The van der Waals surface area contributed by atoms with Crippen LogP contribution in [0.25, 0.3) is 22.3 Å². The first kappa shape index (κ1) is 49.8. The maximum atomic E-state index is 12.0. The number of rotatable bonds is 12. The van der Waals surface area contributed by atoms with Gasteiger partial charge in [-0.3, -0.25) is 25.3 Å². The van der Waals surface area contributed by atoms with Gasteiger partial charge in [0.1, 0.15) is 16.6 Å². The van der Waals surface area contributed by atoms with Crippen molar-refractivity contribution in [1.82, 2.24) is 0 Å². The molecule has 1 atom stereocenters. The molecule has 6 rings (SSSR count). The lowest BCUT2D eigenvalue weighted by molar-refractivity contribution is -0.0471. The van der Waals surface area contributed by atoms with E-state index >= 15 is 0 Å². The highest BCUT2D eigenvalue weighted by molar-refractivity contribution is 8.29. The SMILES string of the molecule is COc1cc([S+](c2ccc(-c3ccccc3)cc2)c2ccccc2OC)ccc1Sc1ccc(-c2ccccc2)cc1.O=S(=O)([C-](S(=O)(=O)C(F)(F)F)S(=O)(=O)C(F)(F)F)C(F)(F)F. The first-order valence-electron chi connectivity index (χ1n) is 17.7. The van der Waals surface area contributed by atoms with E-state index in [9.17, 15) is 64.8 Å². The van der Waals surface area contributed by atoms with Gasteiger partial charge in [0.2, 0.25) is 4.90 Å². The molecule has 22 heteroatoms. The second-order valence-electron chi connectivity index (χ2n) is 12.8. The minimum atomic E-state index is -8.02. The van der Waals surface area contributed by atoms with Crippen molar-refractivity contribution >= 4 is 52.2 Å². The third-order valence-electron chi connectivity index (χ3n) is 8.62. The van der Waals surface area contributed by atoms with Crippen LogP contribution in [-0.4, -0.2) is 56.0 Å². The summed E-state index contributed by atoms with van der Waals surface area (Å²) in [5.41, 5.74) is -16.3. The Balaban J connectivity index is 0.000000299. The van der Waals surface area contributed by atoms with Gasteiger partial charge in [0.15, 0.2) is 45.1 Å². The van der Waals surface area contributed by atoms with Gasteiger partial charge in [0.25, 0.3) is 0 Å². The van der Waals surface area contributed by atoms with E-state index in [2.05, 4.69) is 127 Å². The molecule has 0 N–H and O–H groups in total. The molecular weight excluding hydrogens is 964 g/mol. The summed E-state index contributed by atoms with van der Waals surface area (Å²) in [7, 11) is -21.0. The monoisotopic (exact) mass is 994 g/mol. The summed E-state index contributed by atoms with van der Waals surface area (Å²) in [6, 6.07) is 53.4. The summed E-state index contributed by atoms with van der Waals surface area (Å²) in [4.78, 5) is 5.79. The van der Waals surface area contributed by atoms with Crippen molar-refractivity contribution in [3.63, 3.8) is 0 Å². The van der Waals surface area contributed by atoms with Gasteiger partial charge < -0.3 is 9.47 Å². The molecular formula is C42H31F9O8S5. The molecule has 64 heavy (non-hydrogen) atoms. The Hall–Kier alpha value is -5.16. The summed E-state index contributed by atoms with van der Waals surface area (Å²) < 4.78 is 179. The zero-order valence-corrected chi connectivity index (χ0v) is 36.7. The number of methoxy groups -OCH3 is 2. The average molecular weight is 995 g/mol. The minimum Gasteiger partial charge on any atom is -0.495 e. The van der Waals surface area contributed by atoms with E-state index in [0.29, 0.717) is 0 Å². The fraction of sp³-hybridized carbons (Fsp3) is 0.119. The van der Waals surface area contributed by atoms with Crippen molar-refractivity contribution in [2.45, 2.75) is 41.0 Å². The quantitative estimate of drug-likeness (QED) is 0.0670. The standard InChI is InChI=1S/C38H31O2S2.C4F9O6S3/c1-39-35-15-9-10-16-38(35)42(33-23-19-31(20-24-33)29-13-7-4-8-14-29)34-25-26-37(36(27-34)40-2)41-32-21-17-30(18-22-32)28-11-5-3-6-12-28;5-2(6,7)20(14,15)1(21(16,17)3(8,9)10)22(18,19)4(11,12)13/h3-27H,1-2H3;/q+1;-1. The molecule has 0 aliphatic heterocycles. The van der Waals surface area contributed by atoms with Crippen LogP contribution in [0.15, 0.2) is 176 Å². The molecule has 1 unspecified atom stereocenters. The van der Waals surface area contributed by atoms with E-state index < -0.39 is 60.8 Å². The molecule has 0 amide bonds. The highest BCUT2D eigenvalue weighted by Crippen LogP contribution is 2.48. The molecule has 0 saturated carbocycles. The number of hydrogen-bond acceptors (Lipinski definition) is 9. The van der Waals surface area contributed by atoms with E-state index in [-0.39, 0.29) is 0 Å². The van der Waals surface area contributed by atoms with Crippen molar-refractivity contribution in [3.8, 4) is 33.8 Å². The highest BCUT2D eigenvalue weighted by atomic mass is 32.3. The third-order valence-corrected chi connectivity index (χ3v) is 19.0. The topological polar surface area (TPSA) is 121 Å². The molecule has 0 bridgehead atoms. The van der Waals surface area contributed by atoms with E-state index in [4.69, 9.17) is 9.47 Å². The van der Waals surface area contributed by atoms with Gasteiger partial charge in [-0.2, -0.15) is 39.5 Å². The lowest BCUT2D eigenvalue weighted by Crippen LogP contribution is -2.47. The van der Waals surface area contributed by atoms with Crippen molar-refractivity contribution in [1.29, 1.82) is 0 Å². The first-order chi connectivity index (χ1) is 29.8. The Morgan fingerprint density at radius 3 is 1.25 bits per heavy atom.